The van der Waals surface area contributed by atoms with Gasteiger partial charge in [0.15, 0.2) is 0 Å². The number of halogens is 1. The molecule has 3 rings (SSSR count). The molecule has 0 unspecified atom stereocenters. The second kappa shape index (κ2) is 6.39. The van der Waals surface area contributed by atoms with Crippen molar-refractivity contribution in [3.8, 4) is 11.1 Å². The number of esters is 1. The van der Waals surface area contributed by atoms with E-state index in [9.17, 15) is 4.79 Å². The minimum atomic E-state index is -0.412. The minimum Gasteiger partial charge on any atom is -0.461 e. The van der Waals surface area contributed by atoms with Gasteiger partial charge >= 0.3 is 5.97 Å². The van der Waals surface area contributed by atoms with Gasteiger partial charge in [0, 0.05) is 10.4 Å². The van der Waals surface area contributed by atoms with Gasteiger partial charge in [-0.3, -0.25) is 0 Å². The summed E-state index contributed by atoms with van der Waals surface area (Å²) in [6.07, 6.45) is 0. The Kier molecular flexibility index (Phi) is 4.30. The van der Waals surface area contributed by atoms with Crippen LogP contribution in [0.1, 0.15) is 23.0 Å². The second-order valence-electron chi connectivity index (χ2n) is 5.30. The third-order valence-corrected chi connectivity index (χ3v) is 3.86. The number of aryl methyl sites for hydroxylation is 1. The molecule has 0 aliphatic carbocycles. The summed E-state index contributed by atoms with van der Waals surface area (Å²) in [5.41, 5.74) is 4.15. The Hall–Kier alpha value is -2.39. The highest BCUT2D eigenvalue weighted by molar-refractivity contribution is 6.30. The van der Waals surface area contributed by atoms with Crippen molar-refractivity contribution >= 4 is 28.5 Å². The number of aromatic nitrogens is 1. The molecule has 0 amide bonds. The number of benzene rings is 2. The summed E-state index contributed by atoms with van der Waals surface area (Å²) >= 11 is 5.98. The zero-order valence-electron chi connectivity index (χ0n) is 13.0. The molecule has 0 radical (unpaired) electrons. The molecule has 0 N–H and O–H groups in total. The van der Waals surface area contributed by atoms with Crippen LogP contribution in [0.4, 0.5) is 0 Å². The van der Waals surface area contributed by atoms with Gasteiger partial charge in [-0.25, -0.2) is 9.78 Å². The normalized spacial score (nSPS) is 10.7. The Morgan fingerprint density at radius 1 is 1.13 bits per heavy atom. The van der Waals surface area contributed by atoms with Crippen molar-refractivity contribution in [1.29, 1.82) is 0 Å². The van der Waals surface area contributed by atoms with Crippen LogP contribution in [0, 0.1) is 6.92 Å². The maximum absolute atomic E-state index is 12.1. The Morgan fingerprint density at radius 3 is 2.57 bits per heavy atom. The average molecular weight is 326 g/mol. The first-order valence-corrected chi connectivity index (χ1v) is 7.80. The number of pyridine rings is 1. The van der Waals surface area contributed by atoms with Crippen LogP contribution in [0.15, 0.2) is 48.5 Å². The first-order chi connectivity index (χ1) is 11.1. The smallest absolute Gasteiger partial charge is 0.356 e. The zero-order chi connectivity index (χ0) is 16.4. The van der Waals surface area contributed by atoms with Gasteiger partial charge in [-0.2, -0.15) is 0 Å². The standard InChI is InChI=1S/C19H16ClNO2/c1-3-23-19(22)18-11-15(13-5-7-14(20)8-6-13)16-10-12(2)4-9-17(16)21-18/h4-11H,3H2,1-2H3. The van der Waals surface area contributed by atoms with E-state index in [2.05, 4.69) is 11.1 Å². The van der Waals surface area contributed by atoms with E-state index in [1.54, 1.807) is 13.0 Å². The molecule has 0 bridgehead atoms. The average Bonchev–Trinajstić information content (AvgIpc) is 2.55. The van der Waals surface area contributed by atoms with E-state index in [1.165, 1.54) is 0 Å². The van der Waals surface area contributed by atoms with E-state index in [-0.39, 0.29) is 0 Å². The highest BCUT2D eigenvalue weighted by atomic mass is 35.5. The molecule has 1 aromatic heterocycles. The molecule has 116 valence electrons. The number of rotatable bonds is 3. The number of ether oxygens (including phenoxy) is 1. The Labute approximate surface area is 139 Å². The van der Waals surface area contributed by atoms with Crippen molar-refractivity contribution in [2.24, 2.45) is 0 Å². The van der Waals surface area contributed by atoms with Gasteiger partial charge in [-0.15, -0.1) is 0 Å². The topological polar surface area (TPSA) is 39.2 Å². The van der Waals surface area contributed by atoms with Gasteiger partial charge in [-0.1, -0.05) is 35.4 Å². The number of carbonyl (C=O) groups is 1. The number of fused-ring (bicyclic) bond motifs is 1. The molecule has 0 atom stereocenters. The third kappa shape index (κ3) is 3.20. The molecule has 0 aliphatic rings. The van der Waals surface area contributed by atoms with Crippen molar-refractivity contribution in [3.05, 3.63) is 64.8 Å². The summed E-state index contributed by atoms with van der Waals surface area (Å²) in [6, 6.07) is 15.3. The van der Waals surface area contributed by atoms with Gasteiger partial charge < -0.3 is 4.74 Å². The molecule has 0 saturated carbocycles. The number of nitrogens with zero attached hydrogens (tertiary/aromatic N) is 1. The maximum atomic E-state index is 12.1. The molecule has 3 nitrogen and oxygen atoms in total. The fraction of sp³-hybridized carbons (Fsp3) is 0.158. The van der Waals surface area contributed by atoms with E-state index in [1.807, 2.05) is 43.3 Å². The number of hydrogen-bond acceptors (Lipinski definition) is 3. The molecular formula is C19H16ClNO2. The minimum absolute atomic E-state index is 0.313. The number of carbonyl (C=O) groups excluding carboxylic acids is 1. The summed E-state index contributed by atoms with van der Waals surface area (Å²) in [5, 5.41) is 1.68. The molecule has 2 aromatic carbocycles. The predicted octanol–water partition coefficient (Wildman–Crippen LogP) is 5.04. The first kappa shape index (κ1) is 15.5. The molecule has 0 saturated heterocycles. The Balaban J connectivity index is 2.25. The van der Waals surface area contributed by atoms with E-state index >= 15 is 0 Å². The summed E-state index contributed by atoms with van der Waals surface area (Å²) in [7, 11) is 0. The Bertz CT molecular complexity index is 872. The van der Waals surface area contributed by atoms with Crippen LogP contribution >= 0.6 is 11.6 Å². The summed E-state index contributed by atoms with van der Waals surface area (Å²) in [5.74, 6) is -0.412. The van der Waals surface area contributed by atoms with Crippen molar-refractivity contribution in [2.45, 2.75) is 13.8 Å². The predicted molar refractivity (Wildman–Crippen MR) is 92.9 cm³/mol. The van der Waals surface area contributed by atoms with Crippen LogP contribution in [0.5, 0.6) is 0 Å². The lowest BCUT2D eigenvalue weighted by molar-refractivity contribution is 0.0520. The highest BCUT2D eigenvalue weighted by Crippen LogP contribution is 2.30. The lowest BCUT2D eigenvalue weighted by atomic mass is 9.99. The first-order valence-electron chi connectivity index (χ1n) is 7.43. The second-order valence-corrected chi connectivity index (χ2v) is 5.74. The lowest BCUT2D eigenvalue weighted by Gasteiger charge is -2.10. The summed E-state index contributed by atoms with van der Waals surface area (Å²) in [4.78, 5) is 16.5. The van der Waals surface area contributed by atoms with Crippen molar-refractivity contribution in [1.82, 2.24) is 4.98 Å². The fourth-order valence-electron chi connectivity index (χ4n) is 2.52. The van der Waals surface area contributed by atoms with Gasteiger partial charge in [0.25, 0.3) is 0 Å². The SMILES string of the molecule is CCOC(=O)c1cc(-c2ccc(Cl)cc2)c2cc(C)ccc2n1. The highest BCUT2D eigenvalue weighted by Gasteiger charge is 2.14. The fourth-order valence-corrected chi connectivity index (χ4v) is 2.64. The monoisotopic (exact) mass is 325 g/mol. The van der Waals surface area contributed by atoms with Gasteiger partial charge in [0.1, 0.15) is 5.69 Å². The Morgan fingerprint density at radius 2 is 1.87 bits per heavy atom. The quantitative estimate of drug-likeness (QED) is 0.633. The van der Waals surface area contributed by atoms with E-state index in [4.69, 9.17) is 16.3 Å². The van der Waals surface area contributed by atoms with Crippen LogP contribution in [0.25, 0.3) is 22.0 Å². The van der Waals surface area contributed by atoms with Crippen molar-refractivity contribution in [3.63, 3.8) is 0 Å². The summed E-state index contributed by atoms with van der Waals surface area (Å²) in [6.45, 7) is 4.13. The van der Waals surface area contributed by atoms with Crippen LogP contribution in [0.2, 0.25) is 5.02 Å². The van der Waals surface area contributed by atoms with Gasteiger partial charge in [0.2, 0.25) is 0 Å². The molecule has 0 aliphatic heterocycles. The molecule has 23 heavy (non-hydrogen) atoms. The molecule has 4 heteroatoms. The van der Waals surface area contributed by atoms with Crippen LogP contribution in [-0.2, 0) is 4.74 Å². The lowest BCUT2D eigenvalue weighted by Crippen LogP contribution is -2.07. The molecule has 0 fully saturated rings. The van der Waals surface area contributed by atoms with Gasteiger partial charge in [0.05, 0.1) is 12.1 Å². The maximum Gasteiger partial charge on any atom is 0.356 e. The van der Waals surface area contributed by atoms with Crippen LogP contribution < -0.4 is 0 Å². The molecule has 0 spiro atoms. The van der Waals surface area contributed by atoms with Crippen molar-refractivity contribution < 1.29 is 9.53 Å². The largest absolute Gasteiger partial charge is 0.461 e. The molecule has 1 heterocycles. The number of hydrogen-bond donors (Lipinski definition) is 0. The summed E-state index contributed by atoms with van der Waals surface area (Å²) < 4.78 is 5.09. The van der Waals surface area contributed by atoms with E-state index in [0.29, 0.717) is 17.3 Å². The van der Waals surface area contributed by atoms with E-state index < -0.39 is 5.97 Å². The third-order valence-electron chi connectivity index (χ3n) is 3.60. The zero-order valence-corrected chi connectivity index (χ0v) is 13.7. The van der Waals surface area contributed by atoms with Crippen LogP contribution in [0.3, 0.4) is 0 Å². The van der Waals surface area contributed by atoms with E-state index in [0.717, 1.165) is 27.6 Å². The molecule has 3 aromatic rings. The van der Waals surface area contributed by atoms with Crippen molar-refractivity contribution in [2.75, 3.05) is 6.61 Å². The van der Waals surface area contributed by atoms with Gasteiger partial charge in [-0.05, 0) is 55.3 Å². The van der Waals surface area contributed by atoms with Crippen LogP contribution in [-0.4, -0.2) is 17.6 Å². The molecular weight excluding hydrogens is 310 g/mol.